The molecule has 0 aliphatic rings. The fourth-order valence-electron chi connectivity index (χ4n) is 2.65. The number of primary amides is 1. The van der Waals surface area contributed by atoms with Crippen LogP contribution in [0.3, 0.4) is 0 Å². The SMILES string of the molecule is CC(CNc1ccc(-c2cccc(C(N)=O)c2)nn1)c1ccccc1F. The van der Waals surface area contributed by atoms with Crippen LogP contribution in [-0.2, 0) is 0 Å². The van der Waals surface area contributed by atoms with Crippen LogP contribution in [0.15, 0.2) is 60.7 Å². The Labute approximate surface area is 151 Å². The number of carbonyl (C=O) groups excluding carboxylic acids is 1. The van der Waals surface area contributed by atoms with Crippen LogP contribution < -0.4 is 11.1 Å². The Morgan fingerprint density at radius 2 is 1.92 bits per heavy atom. The Hall–Kier alpha value is -3.28. The highest BCUT2D eigenvalue weighted by atomic mass is 19.1. The molecule has 0 saturated carbocycles. The number of benzene rings is 2. The molecular formula is C20H19FN4O. The number of rotatable bonds is 6. The van der Waals surface area contributed by atoms with E-state index >= 15 is 0 Å². The van der Waals surface area contributed by atoms with Crippen molar-refractivity contribution >= 4 is 11.7 Å². The van der Waals surface area contributed by atoms with Gasteiger partial charge >= 0.3 is 0 Å². The maximum absolute atomic E-state index is 13.8. The van der Waals surface area contributed by atoms with Gasteiger partial charge in [0.25, 0.3) is 0 Å². The molecular weight excluding hydrogens is 331 g/mol. The van der Waals surface area contributed by atoms with E-state index in [4.69, 9.17) is 5.73 Å². The molecule has 0 radical (unpaired) electrons. The molecule has 0 aliphatic heterocycles. The third-order valence-corrected chi connectivity index (χ3v) is 4.13. The van der Waals surface area contributed by atoms with Crippen molar-refractivity contribution in [1.82, 2.24) is 10.2 Å². The van der Waals surface area contributed by atoms with Crippen LogP contribution in [0.25, 0.3) is 11.3 Å². The van der Waals surface area contributed by atoms with E-state index in [2.05, 4.69) is 15.5 Å². The Morgan fingerprint density at radius 3 is 2.62 bits per heavy atom. The van der Waals surface area contributed by atoms with Crippen LogP contribution in [0, 0.1) is 5.82 Å². The molecule has 1 heterocycles. The number of nitrogens with one attached hydrogen (secondary N) is 1. The lowest BCUT2D eigenvalue weighted by Gasteiger charge is -2.14. The highest BCUT2D eigenvalue weighted by Gasteiger charge is 2.11. The summed E-state index contributed by atoms with van der Waals surface area (Å²) in [4.78, 5) is 11.3. The average Bonchev–Trinajstić information content (AvgIpc) is 2.67. The lowest BCUT2D eigenvalue weighted by atomic mass is 10.0. The molecule has 0 aliphatic carbocycles. The van der Waals surface area contributed by atoms with Crippen LogP contribution >= 0.6 is 0 Å². The lowest BCUT2D eigenvalue weighted by molar-refractivity contribution is 0.100. The van der Waals surface area contributed by atoms with Crippen molar-refractivity contribution in [3.63, 3.8) is 0 Å². The first kappa shape index (κ1) is 17.5. The van der Waals surface area contributed by atoms with Crippen molar-refractivity contribution in [3.05, 3.63) is 77.6 Å². The summed E-state index contributed by atoms with van der Waals surface area (Å²) in [5.74, 6) is -0.106. The smallest absolute Gasteiger partial charge is 0.248 e. The molecule has 3 aromatic rings. The Balaban J connectivity index is 1.67. The van der Waals surface area contributed by atoms with Crippen LogP contribution in [0.4, 0.5) is 10.2 Å². The average molecular weight is 350 g/mol. The number of nitrogens with zero attached hydrogens (tertiary/aromatic N) is 2. The highest BCUT2D eigenvalue weighted by molar-refractivity contribution is 5.93. The predicted molar refractivity (Wildman–Crippen MR) is 99.3 cm³/mol. The molecule has 1 atom stereocenters. The summed E-state index contributed by atoms with van der Waals surface area (Å²) in [7, 11) is 0. The minimum Gasteiger partial charge on any atom is -0.368 e. The normalized spacial score (nSPS) is 11.8. The number of amides is 1. The summed E-state index contributed by atoms with van der Waals surface area (Å²) in [6.07, 6.45) is 0. The number of anilines is 1. The summed E-state index contributed by atoms with van der Waals surface area (Å²) in [6.45, 7) is 2.48. The predicted octanol–water partition coefficient (Wildman–Crippen LogP) is 3.60. The van der Waals surface area contributed by atoms with E-state index in [0.29, 0.717) is 29.2 Å². The van der Waals surface area contributed by atoms with Gasteiger partial charge < -0.3 is 11.1 Å². The maximum Gasteiger partial charge on any atom is 0.248 e. The van der Waals surface area contributed by atoms with Crippen LogP contribution in [0.1, 0.15) is 28.8 Å². The largest absolute Gasteiger partial charge is 0.368 e. The number of hydrogen-bond acceptors (Lipinski definition) is 4. The van der Waals surface area contributed by atoms with Crippen LogP contribution in [-0.4, -0.2) is 22.6 Å². The number of aromatic nitrogens is 2. The standard InChI is InChI=1S/C20H19FN4O/c1-13(16-7-2-3-8-17(16)21)12-23-19-10-9-18(24-25-19)14-5-4-6-15(11-14)20(22)26/h2-11,13H,12H2,1H3,(H2,22,26)(H,23,25). The first-order valence-electron chi connectivity index (χ1n) is 8.27. The molecule has 6 heteroatoms. The van der Waals surface area contributed by atoms with E-state index < -0.39 is 5.91 Å². The maximum atomic E-state index is 13.8. The molecule has 5 nitrogen and oxygen atoms in total. The number of halogens is 1. The summed E-state index contributed by atoms with van der Waals surface area (Å²) >= 11 is 0. The molecule has 0 bridgehead atoms. The molecule has 0 fully saturated rings. The zero-order chi connectivity index (χ0) is 18.5. The second-order valence-electron chi connectivity index (χ2n) is 6.05. The first-order chi connectivity index (χ1) is 12.5. The van der Waals surface area contributed by atoms with E-state index in [1.54, 1.807) is 36.4 Å². The quantitative estimate of drug-likeness (QED) is 0.712. The van der Waals surface area contributed by atoms with Gasteiger partial charge in [-0.2, -0.15) is 0 Å². The van der Waals surface area contributed by atoms with Gasteiger partial charge in [0.05, 0.1) is 5.69 Å². The summed E-state index contributed by atoms with van der Waals surface area (Å²) in [5.41, 5.74) is 7.78. The monoisotopic (exact) mass is 350 g/mol. The molecule has 3 rings (SSSR count). The lowest BCUT2D eigenvalue weighted by Crippen LogP contribution is -2.12. The molecule has 1 unspecified atom stereocenters. The van der Waals surface area contributed by atoms with Gasteiger partial charge in [0, 0.05) is 23.6 Å². The van der Waals surface area contributed by atoms with Gasteiger partial charge in [0.2, 0.25) is 5.91 Å². The third-order valence-electron chi connectivity index (χ3n) is 4.13. The number of carbonyl (C=O) groups is 1. The van der Waals surface area contributed by atoms with Crippen molar-refractivity contribution in [2.24, 2.45) is 5.73 Å². The Bertz CT molecular complexity index is 912. The van der Waals surface area contributed by atoms with Gasteiger partial charge in [-0.05, 0) is 35.9 Å². The number of nitrogens with two attached hydrogens (primary N) is 1. The van der Waals surface area contributed by atoms with E-state index in [1.165, 1.54) is 6.07 Å². The van der Waals surface area contributed by atoms with E-state index in [9.17, 15) is 9.18 Å². The molecule has 3 N–H and O–H groups in total. The first-order valence-corrected chi connectivity index (χ1v) is 8.27. The van der Waals surface area contributed by atoms with Crippen LogP contribution in [0.2, 0.25) is 0 Å². The van der Waals surface area contributed by atoms with Crippen molar-refractivity contribution in [2.75, 3.05) is 11.9 Å². The van der Waals surface area contributed by atoms with Gasteiger partial charge in [0.1, 0.15) is 11.6 Å². The molecule has 2 aromatic carbocycles. The van der Waals surface area contributed by atoms with Crippen LogP contribution in [0.5, 0.6) is 0 Å². The zero-order valence-corrected chi connectivity index (χ0v) is 14.3. The topological polar surface area (TPSA) is 80.9 Å². The second-order valence-corrected chi connectivity index (χ2v) is 6.05. The van der Waals surface area contributed by atoms with E-state index in [-0.39, 0.29) is 11.7 Å². The minimum atomic E-state index is -0.486. The van der Waals surface area contributed by atoms with Crippen molar-refractivity contribution in [3.8, 4) is 11.3 Å². The van der Waals surface area contributed by atoms with E-state index in [0.717, 1.165) is 5.56 Å². The highest BCUT2D eigenvalue weighted by Crippen LogP contribution is 2.21. The summed E-state index contributed by atoms with van der Waals surface area (Å²) < 4.78 is 13.8. The van der Waals surface area contributed by atoms with Gasteiger partial charge in [-0.15, -0.1) is 10.2 Å². The minimum absolute atomic E-state index is 0.00933. The summed E-state index contributed by atoms with van der Waals surface area (Å²) in [5, 5.41) is 11.5. The third kappa shape index (κ3) is 4.03. The molecule has 0 spiro atoms. The van der Waals surface area contributed by atoms with Gasteiger partial charge in [-0.1, -0.05) is 37.3 Å². The van der Waals surface area contributed by atoms with Gasteiger partial charge in [0.15, 0.2) is 0 Å². The Kier molecular flexibility index (Phi) is 5.22. The zero-order valence-electron chi connectivity index (χ0n) is 14.3. The van der Waals surface area contributed by atoms with Crippen molar-refractivity contribution < 1.29 is 9.18 Å². The van der Waals surface area contributed by atoms with Crippen molar-refractivity contribution in [1.29, 1.82) is 0 Å². The molecule has 0 saturated heterocycles. The molecule has 1 amide bonds. The number of hydrogen-bond donors (Lipinski definition) is 2. The summed E-state index contributed by atoms with van der Waals surface area (Å²) in [6, 6.07) is 17.3. The fourth-order valence-corrected chi connectivity index (χ4v) is 2.65. The molecule has 26 heavy (non-hydrogen) atoms. The van der Waals surface area contributed by atoms with E-state index in [1.807, 2.05) is 25.1 Å². The second kappa shape index (κ2) is 7.74. The van der Waals surface area contributed by atoms with Crippen molar-refractivity contribution in [2.45, 2.75) is 12.8 Å². The molecule has 132 valence electrons. The Morgan fingerprint density at radius 1 is 1.12 bits per heavy atom. The van der Waals surface area contributed by atoms with Gasteiger partial charge in [-0.3, -0.25) is 4.79 Å². The van der Waals surface area contributed by atoms with Gasteiger partial charge in [-0.25, -0.2) is 4.39 Å². The molecule has 1 aromatic heterocycles. The fraction of sp³-hybridized carbons (Fsp3) is 0.150.